The lowest BCUT2D eigenvalue weighted by atomic mass is 9.83. The van der Waals surface area contributed by atoms with Gasteiger partial charge in [-0.2, -0.15) is 0 Å². The first-order valence-electron chi connectivity index (χ1n) is 9.95. The Kier molecular flexibility index (Phi) is 5.43. The molecule has 2 aliphatic heterocycles. The first-order chi connectivity index (χ1) is 13.7. The van der Waals surface area contributed by atoms with Crippen LogP contribution in [0.4, 0.5) is 0 Å². The van der Waals surface area contributed by atoms with Crippen LogP contribution in [-0.2, 0) is 19.0 Å². The summed E-state index contributed by atoms with van der Waals surface area (Å²) in [6, 6.07) is 0. The predicted molar refractivity (Wildman–Crippen MR) is 100 cm³/mol. The third kappa shape index (κ3) is 3.37. The van der Waals surface area contributed by atoms with E-state index in [2.05, 4.69) is 19.7 Å². The van der Waals surface area contributed by atoms with Crippen molar-refractivity contribution in [2.45, 2.75) is 62.2 Å². The molecule has 2 heterocycles. The summed E-state index contributed by atoms with van der Waals surface area (Å²) in [5, 5.41) is 39.5. The van der Waals surface area contributed by atoms with Crippen molar-refractivity contribution in [3.05, 3.63) is 36.5 Å². The van der Waals surface area contributed by atoms with Gasteiger partial charge in [0.2, 0.25) is 0 Å². The minimum Gasteiger partial charge on any atom is -0.458 e. The predicted octanol–water partition coefficient (Wildman–Crippen LogP) is -0.188. The minimum absolute atomic E-state index is 0.0265. The maximum atomic E-state index is 11.9. The fourth-order valence-electron chi connectivity index (χ4n) is 5.13. The van der Waals surface area contributed by atoms with Gasteiger partial charge >= 0.3 is 5.97 Å². The first kappa shape index (κ1) is 20.7. The summed E-state index contributed by atoms with van der Waals surface area (Å²) in [4.78, 5) is 11.9. The Morgan fingerprint density at radius 3 is 2.41 bits per heavy atom. The molecule has 0 aromatic rings. The van der Waals surface area contributed by atoms with Crippen LogP contribution in [0.3, 0.4) is 0 Å². The molecule has 4 N–H and O–H groups in total. The number of aliphatic hydroxyl groups is 4. The van der Waals surface area contributed by atoms with Gasteiger partial charge in [0.05, 0.1) is 12.7 Å². The molecule has 10 atom stereocenters. The molecular formula is C21H28O8. The molecule has 4 rings (SSSR count). The highest BCUT2D eigenvalue weighted by molar-refractivity contribution is 5.90. The van der Waals surface area contributed by atoms with Crippen LogP contribution in [-0.4, -0.2) is 75.9 Å². The van der Waals surface area contributed by atoms with Crippen LogP contribution in [0.15, 0.2) is 36.5 Å². The summed E-state index contributed by atoms with van der Waals surface area (Å²) in [5.74, 6) is -0.325. The molecule has 2 saturated heterocycles. The van der Waals surface area contributed by atoms with Crippen molar-refractivity contribution in [1.29, 1.82) is 0 Å². The second-order valence-corrected chi connectivity index (χ2v) is 8.52. The lowest BCUT2D eigenvalue weighted by Gasteiger charge is -2.40. The number of hydrogen-bond donors (Lipinski definition) is 4. The summed E-state index contributed by atoms with van der Waals surface area (Å²) >= 11 is 0. The van der Waals surface area contributed by atoms with Crippen LogP contribution >= 0.6 is 0 Å². The molecule has 2 unspecified atom stereocenters. The van der Waals surface area contributed by atoms with Gasteiger partial charge in [-0.15, -0.1) is 0 Å². The van der Waals surface area contributed by atoms with Crippen molar-refractivity contribution >= 4 is 5.97 Å². The lowest BCUT2D eigenvalue weighted by molar-refractivity contribution is -0.308. The van der Waals surface area contributed by atoms with E-state index in [0.717, 1.165) is 11.1 Å². The van der Waals surface area contributed by atoms with Crippen LogP contribution in [0.5, 0.6) is 0 Å². The van der Waals surface area contributed by atoms with Gasteiger partial charge in [-0.25, -0.2) is 4.79 Å². The van der Waals surface area contributed by atoms with E-state index in [4.69, 9.17) is 14.2 Å². The molecule has 0 aromatic carbocycles. The topological polar surface area (TPSA) is 126 Å². The number of fused-ring (bicyclic) bond motifs is 2. The molecule has 29 heavy (non-hydrogen) atoms. The smallest absolute Gasteiger partial charge is 0.334 e. The minimum atomic E-state index is -1.49. The first-order valence-corrected chi connectivity index (χ1v) is 9.95. The SMILES string of the molecule is C=C1C[C@@H]2OC(=O)C(=C)[C@H]2CC2C(=C)[C@@H](O[C@@H]3O[C@H](CO)[C@@H](O)[C@H](O)[C@H]3O)CC12. The maximum absolute atomic E-state index is 11.9. The molecule has 0 amide bonds. The zero-order valence-corrected chi connectivity index (χ0v) is 16.1. The summed E-state index contributed by atoms with van der Waals surface area (Å²) < 4.78 is 16.9. The van der Waals surface area contributed by atoms with Crippen molar-refractivity contribution in [2.24, 2.45) is 17.8 Å². The van der Waals surface area contributed by atoms with Crippen LogP contribution in [0.1, 0.15) is 19.3 Å². The third-order valence-electron chi connectivity index (χ3n) is 6.90. The summed E-state index contributed by atoms with van der Waals surface area (Å²) in [6.07, 6.45) is -5.50. The molecular weight excluding hydrogens is 380 g/mol. The van der Waals surface area contributed by atoms with Gasteiger partial charge < -0.3 is 34.6 Å². The highest BCUT2D eigenvalue weighted by Crippen LogP contribution is 2.52. The molecule has 2 saturated carbocycles. The Morgan fingerprint density at radius 1 is 1.00 bits per heavy atom. The van der Waals surface area contributed by atoms with E-state index in [-0.39, 0.29) is 29.8 Å². The summed E-state index contributed by atoms with van der Waals surface area (Å²) in [5.41, 5.74) is 2.25. The fourth-order valence-corrected chi connectivity index (χ4v) is 5.13. The molecule has 8 nitrogen and oxygen atoms in total. The monoisotopic (exact) mass is 408 g/mol. The van der Waals surface area contributed by atoms with Crippen molar-refractivity contribution < 1.29 is 39.4 Å². The van der Waals surface area contributed by atoms with Crippen molar-refractivity contribution in [3.63, 3.8) is 0 Å². The normalized spacial score (nSPS) is 47.6. The Hall–Kier alpha value is -1.55. The number of hydrogen-bond acceptors (Lipinski definition) is 8. The second kappa shape index (κ2) is 7.61. The number of carbonyl (C=O) groups excluding carboxylic acids is 1. The quantitative estimate of drug-likeness (QED) is 0.288. The fraction of sp³-hybridized carbons (Fsp3) is 0.667. The zero-order valence-electron chi connectivity index (χ0n) is 16.1. The van der Waals surface area contributed by atoms with Gasteiger partial charge in [-0.3, -0.25) is 0 Å². The summed E-state index contributed by atoms with van der Waals surface area (Å²) in [7, 11) is 0. The van der Waals surface area contributed by atoms with Gasteiger partial charge in [0.15, 0.2) is 6.29 Å². The molecule has 4 aliphatic rings. The average Bonchev–Trinajstić information content (AvgIpc) is 3.08. The van der Waals surface area contributed by atoms with Crippen molar-refractivity contribution in [2.75, 3.05) is 6.61 Å². The second-order valence-electron chi connectivity index (χ2n) is 8.52. The van der Waals surface area contributed by atoms with Crippen molar-refractivity contribution in [1.82, 2.24) is 0 Å². The molecule has 0 bridgehead atoms. The highest BCUT2D eigenvalue weighted by Gasteiger charge is 2.51. The van der Waals surface area contributed by atoms with E-state index in [1.54, 1.807) is 0 Å². The number of ether oxygens (including phenoxy) is 3. The average molecular weight is 408 g/mol. The maximum Gasteiger partial charge on any atom is 0.334 e. The molecule has 0 radical (unpaired) electrons. The highest BCUT2D eigenvalue weighted by atomic mass is 16.7. The van der Waals surface area contributed by atoms with Crippen LogP contribution in [0.25, 0.3) is 0 Å². The summed E-state index contributed by atoms with van der Waals surface area (Å²) in [6.45, 7) is 11.8. The molecule has 0 spiro atoms. The number of carbonyl (C=O) groups is 1. The third-order valence-corrected chi connectivity index (χ3v) is 6.90. The van der Waals surface area contributed by atoms with Gasteiger partial charge in [-0.1, -0.05) is 25.3 Å². The van der Waals surface area contributed by atoms with E-state index in [9.17, 15) is 25.2 Å². The zero-order chi connectivity index (χ0) is 21.0. The van der Waals surface area contributed by atoms with Crippen LogP contribution < -0.4 is 0 Å². The van der Waals surface area contributed by atoms with Crippen LogP contribution in [0, 0.1) is 17.8 Å². The van der Waals surface area contributed by atoms with Gasteiger partial charge in [-0.05, 0) is 30.3 Å². The van der Waals surface area contributed by atoms with E-state index in [1.165, 1.54) is 0 Å². The lowest BCUT2D eigenvalue weighted by Crippen LogP contribution is -2.59. The Labute approximate surface area is 169 Å². The number of aliphatic hydroxyl groups excluding tert-OH is 4. The molecule has 4 fully saturated rings. The molecule has 0 aromatic heterocycles. The van der Waals surface area contributed by atoms with E-state index in [1.807, 2.05) is 0 Å². The number of esters is 1. The van der Waals surface area contributed by atoms with Crippen LogP contribution in [0.2, 0.25) is 0 Å². The molecule has 2 aliphatic carbocycles. The van der Waals surface area contributed by atoms with E-state index < -0.39 is 43.4 Å². The van der Waals surface area contributed by atoms with Gasteiger partial charge in [0, 0.05) is 17.9 Å². The Balaban J connectivity index is 1.49. The molecule has 8 heteroatoms. The largest absolute Gasteiger partial charge is 0.458 e. The van der Waals surface area contributed by atoms with E-state index in [0.29, 0.717) is 24.8 Å². The van der Waals surface area contributed by atoms with Crippen molar-refractivity contribution in [3.8, 4) is 0 Å². The Bertz CT molecular complexity index is 730. The number of rotatable bonds is 3. The van der Waals surface area contributed by atoms with E-state index >= 15 is 0 Å². The van der Waals surface area contributed by atoms with Gasteiger partial charge in [0.1, 0.15) is 30.5 Å². The van der Waals surface area contributed by atoms with Gasteiger partial charge in [0.25, 0.3) is 0 Å². The Morgan fingerprint density at radius 2 is 1.72 bits per heavy atom. The molecule has 160 valence electrons. The standard InChI is InChI=1S/C21H28O8/c1-8-4-15-13(10(3)20(26)27-15)5-12-9(2)14(6-11(8)12)28-21-19(25)18(24)17(23)16(7-22)29-21/h11-19,21-25H,1-7H2/t11?,12?,13-,14+,15+,16-,17-,18+,19-,21-/m1/s1.